The Labute approximate surface area is 165 Å². The molecular weight excluding hydrogens is 350 g/mol. The first-order valence-corrected chi connectivity index (χ1v) is 9.85. The monoisotopic (exact) mass is 377 g/mol. The lowest BCUT2D eigenvalue weighted by Crippen LogP contribution is -2.48. The number of H-pyrrole nitrogens is 1. The van der Waals surface area contributed by atoms with Crippen molar-refractivity contribution in [2.75, 3.05) is 20.6 Å². The fourth-order valence-electron chi connectivity index (χ4n) is 4.08. The van der Waals surface area contributed by atoms with E-state index in [4.69, 9.17) is 0 Å². The highest BCUT2D eigenvalue weighted by Gasteiger charge is 2.29. The molecule has 0 saturated heterocycles. The Hall–Kier alpha value is -2.70. The molecule has 146 valence electrons. The van der Waals surface area contributed by atoms with Gasteiger partial charge in [-0.25, -0.2) is 19.7 Å². The maximum atomic E-state index is 13.0. The molecule has 1 N–H and O–H groups in total. The van der Waals surface area contributed by atoms with E-state index in [9.17, 15) is 4.79 Å². The Morgan fingerprint density at radius 1 is 1.14 bits per heavy atom. The second kappa shape index (κ2) is 8.12. The zero-order valence-corrected chi connectivity index (χ0v) is 16.5. The largest absolute Gasteiger partial charge is 0.293 e. The first-order valence-electron chi connectivity index (χ1n) is 9.85. The van der Waals surface area contributed by atoms with Gasteiger partial charge in [0.05, 0.1) is 0 Å². The van der Waals surface area contributed by atoms with Crippen LogP contribution in [0.2, 0.25) is 0 Å². The van der Waals surface area contributed by atoms with Crippen LogP contribution in [0.5, 0.6) is 0 Å². The van der Waals surface area contributed by atoms with Crippen LogP contribution >= 0.6 is 0 Å². The highest BCUT2D eigenvalue weighted by Crippen LogP contribution is 2.23. The van der Waals surface area contributed by atoms with Crippen molar-refractivity contribution in [3.8, 4) is 5.82 Å². The molecule has 2 heterocycles. The van der Waals surface area contributed by atoms with Crippen molar-refractivity contribution in [1.82, 2.24) is 24.8 Å². The van der Waals surface area contributed by atoms with Gasteiger partial charge in [0.2, 0.25) is 0 Å². The number of benzene rings is 1. The van der Waals surface area contributed by atoms with Crippen LogP contribution in [0.1, 0.15) is 23.2 Å². The van der Waals surface area contributed by atoms with Crippen molar-refractivity contribution in [1.29, 1.82) is 0 Å². The van der Waals surface area contributed by atoms with Crippen molar-refractivity contribution in [2.24, 2.45) is 0 Å². The first-order chi connectivity index (χ1) is 13.6. The lowest BCUT2D eigenvalue weighted by Gasteiger charge is -2.38. The van der Waals surface area contributed by atoms with Gasteiger partial charge in [0, 0.05) is 44.1 Å². The minimum absolute atomic E-state index is 0.0279. The minimum atomic E-state index is 0.0279. The molecule has 4 rings (SSSR count). The summed E-state index contributed by atoms with van der Waals surface area (Å²) < 4.78 is 1.58. The molecule has 1 aliphatic carbocycles. The number of aromatic amines is 1. The van der Waals surface area contributed by atoms with E-state index < -0.39 is 0 Å². The summed E-state index contributed by atoms with van der Waals surface area (Å²) in [6.07, 6.45) is 5.37. The fraction of sp³-hybridized carbons (Fsp3) is 0.364. The van der Waals surface area contributed by atoms with Gasteiger partial charge in [0.15, 0.2) is 5.82 Å². The van der Waals surface area contributed by atoms with E-state index in [2.05, 4.69) is 64.5 Å². The summed E-state index contributed by atoms with van der Waals surface area (Å²) >= 11 is 0. The van der Waals surface area contributed by atoms with E-state index in [-0.39, 0.29) is 5.56 Å². The quantitative estimate of drug-likeness (QED) is 0.671. The van der Waals surface area contributed by atoms with Crippen LogP contribution in [0.4, 0.5) is 0 Å². The summed E-state index contributed by atoms with van der Waals surface area (Å²) in [4.78, 5) is 17.3. The molecule has 6 nitrogen and oxygen atoms in total. The predicted molar refractivity (Wildman–Crippen MR) is 111 cm³/mol. The number of rotatable bonds is 6. The lowest BCUT2D eigenvalue weighted by molar-refractivity contribution is -0.0225. The molecule has 1 aliphatic rings. The van der Waals surface area contributed by atoms with Crippen molar-refractivity contribution < 1.29 is 0 Å². The highest BCUT2D eigenvalue weighted by atomic mass is 16.1. The van der Waals surface area contributed by atoms with Gasteiger partial charge in [-0.2, -0.15) is 0 Å². The third-order valence-electron chi connectivity index (χ3n) is 5.53. The van der Waals surface area contributed by atoms with Gasteiger partial charge in [0.1, 0.15) is 0 Å². The lowest BCUT2D eigenvalue weighted by atomic mass is 9.92. The van der Waals surface area contributed by atoms with E-state index in [1.165, 1.54) is 5.56 Å². The molecule has 0 bridgehead atoms. The van der Waals surface area contributed by atoms with Gasteiger partial charge in [-0.05, 0) is 43.4 Å². The van der Waals surface area contributed by atoms with Crippen LogP contribution in [0.15, 0.2) is 59.5 Å². The van der Waals surface area contributed by atoms with Crippen molar-refractivity contribution >= 4 is 0 Å². The molecule has 28 heavy (non-hydrogen) atoms. The topological polar surface area (TPSA) is 57.2 Å². The number of hydrazine groups is 1. The second-order valence-corrected chi connectivity index (χ2v) is 7.54. The molecule has 0 amide bonds. The Morgan fingerprint density at radius 2 is 1.93 bits per heavy atom. The number of nitrogens with zero attached hydrogens (tertiary/aromatic N) is 4. The van der Waals surface area contributed by atoms with Crippen LogP contribution < -0.4 is 5.56 Å². The summed E-state index contributed by atoms with van der Waals surface area (Å²) in [5.74, 6) is 0.645. The average Bonchev–Trinajstić information content (AvgIpc) is 3.06. The highest BCUT2D eigenvalue weighted by molar-refractivity contribution is 5.28. The van der Waals surface area contributed by atoms with Crippen molar-refractivity contribution in [3.05, 3.63) is 81.9 Å². The molecule has 1 unspecified atom stereocenters. The third kappa shape index (κ3) is 3.79. The van der Waals surface area contributed by atoms with Gasteiger partial charge in [-0.1, -0.05) is 36.4 Å². The fourth-order valence-corrected chi connectivity index (χ4v) is 4.08. The molecule has 0 aliphatic heterocycles. The van der Waals surface area contributed by atoms with Gasteiger partial charge in [-0.3, -0.25) is 9.89 Å². The maximum absolute atomic E-state index is 13.0. The van der Waals surface area contributed by atoms with E-state index in [1.807, 2.05) is 18.2 Å². The molecule has 2 aromatic heterocycles. The first kappa shape index (κ1) is 18.7. The molecular formula is C22H27N5O. The molecule has 1 aromatic carbocycles. The zero-order valence-electron chi connectivity index (χ0n) is 16.5. The van der Waals surface area contributed by atoms with Gasteiger partial charge < -0.3 is 0 Å². The van der Waals surface area contributed by atoms with Crippen LogP contribution in [-0.4, -0.2) is 51.5 Å². The van der Waals surface area contributed by atoms with Crippen LogP contribution in [-0.2, 0) is 19.3 Å². The molecule has 1 atom stereocenters. The normalized spacial score (nSPS) is 16.5. The van der Waals surface area contributed by atoms with Crippen molar-refractivity contribution in [2.45, 2.75) is 31.7 Å². The van der Waals surface area contributed by atoms with Gasteiger partial charge in [0.25, 0.3) is 5.56 Å². The molecule has 0 radical (unpaired) electrons. The number of fused-ring (bicyclic) bond motifs is 1. The number of aromatic nitrogens is 3. The van der Waals surface area contributed by atoms with Gasteiger partial charge in [-0.15, -0.1) is 0 Å². The third-order valence-corrected chi connectivity index (χ3v) is 5.53. The maximum Gasteiger partial charge on any atom is 0.276 e. The summed E-state index contributed by atoms with van der Waals surface area (Å²) in [7, 11) is 4.17. The SMILES string of the molecule is CN(C)N(CCc1ccccc1)C1CCc2[nH]n(-c3ccccn3)c(=O)c2C1. The average molecular weight is 377 g/mol. The molecule has 3 aromatic rings. The van der Waals surface area contributed by atoms with Crippen LogP contribution in [0.3, 0.4) is 0 Å². The summed E-state index contributed by atoms with van der Waals surface area (Å²) in [6, 6.07) is 16.5. The number of hydrogen-bond donors (Lipinski definition) is 1. The Balaban J connectivity index is 1.53. The van der Waals surface area contributed by atoms with E-state index >= 15 is 0 Å². The van der Waals surface area contributed by atoms with Gasteiger partial charge >= 0.3 is 0 Å². The molecule has 6 heteroatoms. The Morgan fingerprint density at radius 3 is 2.64 bits per heavy atom. The predicted octanol–water partition coefficient (Wildman–Crippen LogP) is 2.44. The smallest absolute Gasteiger partial charge is 0.276 e. The number of pyridine rings is 1. The molecule has 0 fully saturated rings. The summed E-state index contributed by atoms with van der Waals surface area (Å²) in [6.45, 7) is 0.940. The number of nitrogens with one attached hydrogen (secondary N) is 1. The standard InChI is InChI=1S/C22H27N5O/c1-25(2)26(15-13-17-8-4-3-5-9-17)18-11-12-20-19(16-18)22(28)27(24-20)21-10-6-7-14-23-21/h3-10,14,18,24H,11-13,15-16H2,1-2H3. The second-order valence-electron chi connectivity index (χ2n) is 7.54. The van der Waals surface area contributed by atoms with E-state index in [0.29, 0.717) is 11.9 Å². The van der Waals surface area contributed by atoms with Crippen LogP contribution in [0, 0.1) is 0 Å². The van der Waals surface area contributed by atoms with Crippen molar-refractivity contribution in [3.63, 3.8) is 0 Å². The van der Waals surface area contributed by atoms with E-state index in [0.717, 1.165) is 43.5 Å². The van der Waals surface area contributed by atoms with Crippen LogP contribution in [0.25, 0.3) is 5.82 Å². The zero-order chi connectivity index (χ0) is 19.5. The molecule has 0 spiro atoms. The summed E-state index contributed by atoms with van der Waals surface area (Å²) in [5.41, 5.74) is 3.31. The Kier molecular flexibility index (Phi) is 5.41. The molecule has 0 saturated carbocycles. The van der Waals surface area contributed by atoms with E-state index in [1.54, 1.807) is 10.9 Å². The number of aryl methyl sites for hydroxylation is 1. The Bertz CT molecular complexity index is 962. The summed E-state index contributed by atoms with van der Waals surface area (Å²) in [5, 5.41) is 7.84. The minimum Gasteiger partial charge on any atom is -0.293 e. The number of hydrogen-bond acceptors (Lipinski definition) is 4.